The van der Waals surface area contributed by atoms with Gasteiger partial charge in [-0.2, -0.15) is 5.10 Å². The van der Waals surface area contributed by atoms with Crippen molar-refractivity contribution in [2.24, 2.45) is 0 Å². The molecule has 0 amide bonds. The number of carboxylic acid groups (broad SMARTS) is 1. The molecule has 1 N–H and O–H groups in total. The van der Waals surface area contributed by atoms with E-state index >= 15 is 0 Å². The Morgan fingerprint density at radius 2 is 2.10 bits per heavy atom. The van der Waals surface area contributed by atoms with Gasteiger partial charge < -0.3 is 5.11 Å². The van der Waals surface area contributed by atoms with Crippen LogP contribution in [-0.4, -0.2) is 25.4 Å². The number of alkyl halides is 2. The molecule has 0 aliphatic carbocycles. The van der Waals surface area contributed by atoms with Crippen LogP contribution in [0.3, 0.4) is 0 Å². The Morgan fingerprint density at radius 1 is 1.48 bits per heavy atom. The summed E-state index contributed by atoms with van der Waals surface area (Å²) in [5, 5.41) is 13.4. The van der Waals surface area contributed by atoms with Gasteiger partial charge >= 0.3 is 5.97 Å². The van der Waals surface area contributed by atoms with E-state index in [1.54, 1.807) is 13.8 Å². The number of hydrogen-bond acceptors (Lipinski definition) is 3. The summed E-state index contributed by atoms with van der Waals surface area (Å²) in [6.07, 6.45) is -2.83. The Morgan fingerprint density at radius 3 is 2.57 bits per heavy atom. The first kappa shape index (κ1) is 15.1. The summed E-state index contributed by atoms with van der Waals surface area (Å²) < 4.78 is 28.7. The lowest BCUT2D eigenvalue weighted by Crippen LogP contribution is -2.29. The Balaban J connectivity index is 3.00. The monoisotopic (exact) mass is 299 g/mol. The molecule has 0 fully saturated rings. The highest BCUT2D eigenvalue weighted by Gasteiger charge is 2.26. The minimum absolute atomic E-state index is 0.118. The van der Waals surface area contributed by atoms with Gasteiger partial charge in [0.25, 0.3) is 12.0 Å². The number of carbonyl (C=O) groups is 1. The molecular weight excluding hydrogens is 284 g/mol. The van der Waals surface area contributed by atoms with Gasteiger partial charge in [-0.1, -0.05) is 0 Å². The summed E-state index contributed by atoms with van der Waals surface area (Å²) in [6, 6.07) is -0.380. The smallest absolute Gasteiger partial charge is 0.326 e. The van der Waals surface area contributed by atoms with Crippen LogP contribution in [0.4, 0.5) is 8.78 Å². The number of halogens is 2. The highest BCUT2D eigenvalue weighted by molar-refractivity contribution is 5.84. The van der Waals surface area contributed by atoms with Crippen molar-refractivity contribution >= 4 is 17.0 Å². The predicted molar refractivity (Wildman–Crippen MR) is 71.7 cm³/mol. The Hall–Kier alpha value is -2.25. The molecule has 0 saturated heterocycles. The zero-order valence-corrected chi connectivity index (χ0v) is 11.8. The Labute approximate surface area is 118 Å². The summed E-state index contributed by atoms with van der Waals surface area (Å²) >= 11 is 0. The molecule has 0 saturated carbocycles. The Bertz CT molecular complexity index is 764. The molecule has 2 rings (SSSR count). The maximum atomic E-state index is 13.2. The summed E-state index contributed by atoms with van der Waals surface area (Å²) in [4.78, 5) is 23.3. The lowest BCUT2D eigenvalue weighted by molar-refractivity contribution is -0.140. The van der Waals surface area contributed by atoms with Crippen LogP contribution >= 0.6 is 0 Å². The third-order valence-corrected chi connectivity index (χ3v) is 3.41. The number of nitrogens with zero attached hydrogens (tertiary/aromatic N) is 3. The average molecular weight is 299 g/mol. The van der Waals surface area contributed by atoms with E-state index < -0.39 is 29.6 Å². The van der Waals surface area contributed by atoms with Crippen molar-refractivity contribution in [1.29, 1.82) is 0 Å². The van der Waals surface area contributed by atoms with Crippen LogP contribution in [0.2, 0.25) is 0 Å². The molecule has 1 atom stereocenters. The highest BCUT2D eigenvalue weighted by atomic mass is 19.3. The number of aryl methyl sites for hydroxylation is 2. The summed E-state index contributed by atoms with van der Waals surface area (Å²) in [5.41, 5.74) is -0.732. The lowest BCUT2D eigenvalue weighted by Gasteiger charge is -2.15. The zero-order chi connectivity index (χ0) is 15.9. The summed E-state index contributed by atoms with van der Waals surface area (Å²) in [7, 11) is 0. The first-order valence-electron chi connectivity index (χ1n) is 6.43. The normalized spacial score (nSPS) is 13.0. The van der Waals surface area contributed by atoms with Crippen LogP contribution in [0.5, 0.6) is 0 Å². The molecular formula is C13H15F2N3O3. The van der Waals surface area contributed by atoms with Crippen LogP contribution in [-0.2, 0) is 11.3 Å². The quantitative estimate of drug-likeness (QED) is 0.938. The molecule has 1 unspecified atom stereocenters. The highest BCUT2D eigenvalue weighted by Crippen LogP contribution is 2.30. The standard InChI is InChI=1S/C13H15F2N3O3/c1-4-17-12-10(6(2)16-17)8(11(14)15)5-9(19)18(12)7(3)13(20)21/h5,7,11H,4H2,1-3H3,(H,20,21). The number of hydrogen-bond donors (Lipinski definition) is 1. The van der Waals surface area contributed by atoms with Crippen molar-refractivity contribution in [2.75, 3.05) is 0 Å². The van der Waals surface area contributed by atoms with E-state index in [2.05, 4.69) is 5.10 Å². The number of aromatic nitrogens is 3. The molecule has 8 heteroatoms. The van der Waals surface area contributed by atoms with E-state index in [9.17, 15) is 18.4 Å². The summed E-state index contributed by atoms with van der Waals surface area (Å²) in [5.74, 6) is -1.22. The third-order valence-electron chi connectivity index (χ3n) is 3.41. The molecule has 2 heterocycles. The van der Waals surface area contributed by atoms with Crippen molar-refractivity contribution in [2.45, 2.75) is 39.8 Å². The maximum Gasteiger partial charge on any atom is 0.326 e. The number of carboxylic acids is 1. The van der Waals surface area contributed by atoms with Gasteiger partial charge in [0.2, 0.25) is 0 Å². The van der Waals surface area contributed by atoms with Crippen LogP contribution in [0.25, 0.3) is 11.0 Å². The summed E-state index contributed by atoms with van der Waals surface area (Å²) in [6.45, 7) is 4.96. The lowest BCUT2D eigenvalue weighted by atomic mass is 10.1. The number of fused-ring (bicyclic) bond motifs is 1. The maximum absolute atomic E-state index is 13.2. The molecule has 114 valence electrons. The first-order chi connectivity index (χ1) is 9.79. The molecule has 0 spiro atoms. The first-order valence-corrected chi connectivity index (χ1v) is 6.43. The second-order valence-corrected chi connectivity index (χ2v) is 4.72. The molecule has 2 aromatic heterocycles. The molecule has 0 aliphatic rings. The minimum atomic E-state index is -2.83. The predicted octanol–water partition coefficient (Wildman–Crippen LogP) is 2.11. The van der Waals surface area contributed by atoms with Crippen molar-refractivity contribution in [3.8, 4) is 0 Å². The zero-order valence-electron chi connectivity index (χ0n) is 11.8. The molecule has 0 aliphatic heterocycles. The molecule has 0 bridgehead atoms. The fraction of sp³-hybridized carbons (Fsp3) is 0.462. The minimum Gasteiger partial charge on any atom is -0.480 e. The van der Waals surface area contributed by atoms with Gasteiger partial charge in [-0.25, -0.2) is 18.3 Å². The van der Waals surface area contributed by atoms with Crippen LogP contribution in [0.15, 0.2) is 10.9 Å². The van der Waals surface area contributed by atoms with Gasteiger partial charge in [-0.05, 0) is 20.8 Å². The van der Waals surface area contributed by atoms with Crippen LogP contribution in [0, 0.1) is 6.92 Å². The van der Waals surface area contributed by atoms with Crippen molar-refractivity contribution in [3.63, 3.8) is 0 Å². The van der Waals surface area contributed by atoms with Gasteiger partial charge in [0, 0.05) is 23.6 Å². The van der Waals surface area contributed by atoms with Gasteiger partial charge in [-0.3, -0.25) is 9.36 Å². The van der Waals surface area contributed by atoms with E-state index in [1.807, 2.05) is 0 Å². The van der Waals surface area contributed by atoms with E-state index in [0.717, 1.165) is 10.6 Å². The van der Waals surface area contributed by atoms with Gasteiger partial charge in [0.15, 0.2) is 0 Å². The van der Waals surface area contributed by atoms with Crippen LogP contribution < -0.4 is 5.56 Å². The van der Waals surface area contributed by atoms with E-state index in [0.29, 0.717) is 12.2 Å². The van der Waals surface area contributed by atoms with Crippen molar-refractivity contribution < 1.29 is 18.7 Å². The fourth-order valence-electron chi connectivity index (χ4n) is 2.41. The topological polar surface area (TPSA) is 77.1 Å². The molecule has 0 radical (unpaired) electrons. The van der Waals surface area contributed by atoms with Gasteiger partial charge in [0.05, 0.1) is 5.69 Å². The molecule has 0 aromatic carbocycles. The second kappa shape index (κ2) is 5.27. The Kier molecular flexibility index (Phi) is 3.80. The average Bonchev–Trinajstić information content (AvgIpc) is 2.74. The fourth-order valence-corrected chi connectivity index (χ4v) is 2.41. The molecule has 21 heavy (non-hydrogen) atoms. The number of rotatable bonds is 4. The molecule has 6 nitrogen and oxygen atoms in total. The third kappa shape index (κ3) is 2.30. The van der Waals surface area contributed by atoms with Crippen molar-refractivity contribution in [1.82, 2.24) is 14.3 Å². The van der Waals surface area contributed by atoms with E-state index in [1.165, 1.54) is 11.6 Å². The van der Waals surface area contributed by atoms with Crippen LogP contribution in [0.1, 0.15) is 37.6 Å². The van der Waals surface area contributed by atoms with Gasteiger partial charge in [0.1, 0.15) is 11.7 Å². The SMILES string of the molecule is CCn1nc(C)c2c(C(F)F)cc(=O)n(C(C)C(=O)O)c21. The largest absolute Gasteiger partial charge is 0.480 e. The van der Waals surface area contributed by atoms with E-state index in [-0.39, 0.29) is 11.0 Å². The molecule has 2 aromatic rings. The number of pyridine rings is 1. The van der Waals surface area contributed by atoms with Gasteiger partial charge in [-0.15, -0.1) is 0 Å². The number of aliphatic carboxylic acids is 1. The second-order valence-electron chi connectivity index (χ2n) is 4.72. The van der Waals surface area contributed by atoms with Crippen molar-refractivity contribution in [3.05, 3.63) is 27.7 Å². The van der Waals surface area contributed by atoms with E-state index in [4.69, 9.17) is 5.11 Å².